The van der Waals surface area contributed by atoms with E-state index in [4.69, 9.17) is 10.5 Å². The van der Waals surface area contributed by atoms with Gasteiger partial charge in [-0.2, -0.15) is 11.8 Å². The maximum absolute atomic E-state index is 11.4. The van der Waals surface area contributed by atoms with Crippen molar-refractivity contribution in [2.45, 2.75) is 63.3 Å². The molecule has 94 valence electrons. The summed E-state index contributed by atoms with van der Waals surface area (Å²) in [6.45, 7) is 5.68. The Balaban J connectivity index is 2.13. The van der Waals surface area contributed by atoms with E-state index in [1.165, 1.54) is 12.8 Å². The second-order valence-corrected chi connectivity index (χ2v) is 6.69. The third-order valence-electron chi connectivity index (χ3n) is 2.56. The van der Waals surface area contributed by atoms with Crippen molar-refractivity contribution < 1.29 is 9.53 Å². The lowest BCUT2D eigenvalue weighted by Crippen LogP contribution is -2.27. The maximum atomic E-state index is 11.4. The van der Waals surface area contributed by atoms with Crippen molar-refractivity contribution in [1.82, 2.24) is 0 Å². The van der Waals surface area contributed by atoms with Crippen molar-refractivity contribution >= 4 is 17.7 Å². The first-order valence-corrected chi connectivity index (χ1v) is 7.02. The number of hydrogen-bond donors (Lipinski definition) is 1. The van der Waals surface area contributed by atoms with Gasteiger partial charge in [-0.3, -0.25) is 4.79 Å². The smallest absolute Gasteiger partial charge is 0.307 e. The minimum absolute atomic E-state index is 0.105. The summed E-state index contributed by atoms with van der Waals surface area (Å²) in [7, 11) is 0. The number of carbonyl (C=O) groups excluding carboxylic acids is 1. The molecule has 0 radical (unpaired) electrons. The molecule has 0 aromatic heterocycles. The molecule has 16 heavy (non-hydrogen) atoms. The molecular formula is C12H23NO2S. The minimum Gasteiger partial charge on any atom is -0.460 e. The molecule has 1 aliphatic carbocycles. The molecule has 3 nitrogen and oxygen atoms in total. The van der Waals surface area contributed by atoms with Crippen LogP contribution in [0, 0.1) is 0 Å². The van der Waals surface area contributed by atoms with Gasteiger partial charge < -0.3 is 10.5 Å². The summed E-state index contributed by atoms with van der Waals surface area (Å²) < 4.78 is 5.25. The first-order chi connectivity index (χ1) is 7.38. The Morgan fingerprint density at radius 1 is 1.44 bits per heavy atom. The van der Waals surface area contributed by atoms with Gasteiger partial charge in [-0.1, -0.05) is 6.42 Å². The summed E-state index contributed by atoms with van der Waals surface area (Å²) in [5, 5.41) is 0.544. The average molecular weight is 245 g/mol. The monoisotopic (exact) mass is 245 g/mol. The normalized spacial score (nSPS) is 25.8. The largest absolute Gasteiger partial charge is 0.460 e. The molecule has 0 aromatic rings. The number of thioether (sulfide) groups is 1. The predicted octanol–water partition coefficient (Wildman–Crippen LogP) is 2.33. The van der Waals surface area contributed by atoms with Crippen molar-refractivity contribution in [1.29, 1.82) is 0 Å². The van der Waals surface area contributed by atoms with E-state index in [2.05, 4.69) is 0 Å². The van der Waals surface area contributed by atoms with Crippen molar-refractivity contribution in [3.8, 4) is 0 Å². The van der Waals surface area contributed by atoms with Crippen LogP contribution in [-0.4, -0.2) is 28.6 Å². The van der Waals surface area contributed by atoms with E-state index in [0.717, 1.165) is 12.2 Å². The van der Waals surface area contributed by atoms with Crippen LogP contribution in [0.2, 0.25) is 0 Å². The van der Waals surface area contributed by atoms with Gasteiger partial charge in [-0.25, -0.2) is 0 Å². The van der Waals surface area contributed by atoms with Gasteiger partial charge in [0.1, 0.15) is 5.60 Å². The molecule has 0 bridgehead atoms. The van der Waals surface area contributed by atoms with Crippen LogP contribution in [-0.2, 0) is 9.53 Å². The van der Waals surface area contributed by atoms with Crippen LogP contribution in [0.5, 0.6) is 0 Å². The summed E-state index contributed by atoms with van der Waals surface area (Å²) in [4.78, 5) is 11.4. The summed E-state index contributed by atoms with van der Waals surface area (Å²) >= 11 is 1.82. The molecule has 1 saturated carbocycles. The standard InChI is InChI=1S/C12H23NO2S/c1-12(2,3)15-11(14)7-8-16-10-6-4-5-9(10)13/h9-10H,4-8,13H2,1-3H3. The molecular weight excluding hydrogens is 222 g/mol. The molecule has 0 spiro atoms. The summed E-state index contributed by atoms with van der Waals surface area (Å²) in [5.74, 6) is 0.722. The van der Waals surface area contributed by atoms with Gasteiger partial charge in [-0.05, 0) is 33.6 Å². The van der Waals surface area contributed by atoms with E-state index in [-0.39, 0.29) is 11.6 Å². The van der Waals surface area contributed by atoms with Crippen molar-refractivity contribution in [2.75, 3.05) is 5.75 Å². The Labute approximate surface area is 102 Å². The van der Waals surface area contributed by atoms with Gasteiger partial charge in [0.25, 0.3) is 0 Å². The van der Waals surface area contributed by atoms with Gasteiger partial charge in [0.15, 0.2) is 0 Å². The number of hydrogen-bond acceptors (Lipinski definition) is 4. The van der Waals surface area contributed by atoms with E-state index in [9.17, 15) is 4.79 Å². The lowest BCUT2D eigenvalue weighted by atomic mass is 10.2. The van der Waals surface area contributed by atoms with E-state index in [1.54, 1.807) is 0 Å². The van der Waals surface area contributed by atoms with Crippen LogP contribution in [0.25, 0.3) is 0 Å². The lowest BCUT2D eigenvalue weighted by molar-refractivity contribution is -0.154. The van der Waals surface area contributed by atoms with E-state index >= 15 is 0 Å². The third kappa shape index (κ3) is 5.21. The molecule has 4 heteroatoms. The fourth-order valence-electron chi connectivity index (χ4n) is 1.85. The molecule has 1 aliphatic rings. The molecule has 2 N–H and O–H groups in total. The van der Waals surface area contributed by atoms with E-state index < -0.39 is 0 Å². The molecule has 0 heterocycles. The molecule has 1 fully saturated rings. The molecule has 0 amide bonds. The van der Waals surface area contributed by atoms with Crippen LogP contribution >= 0.6 is 11.8 Å². The highest BCUT2D eigenvalue weighted by atomic mass is 32.2. The number of esters is 1. The Hall–Kier alpha value is -0.220. The van der Waals surface area contributed by atoms with Crippen molar-refractivity contribution in [3.05, 3.63) is 0 Å². The van der Waals surface area contributed by atoms with Gasteiger partial charge in [0.2, 0.25) is 0 Å². The van der Waals surface area contributed by atoms with Crippen LogP contribution in [0.3, 0.4) is 0 Å². The zero-order chi connectivity index (χ0) is 12.2. The Morgan fingerprint density at radius 2 is 2.12 bits per heavy atom. The summed E-state index contributed by atoms with van der Waals surface area (Å²) in [6, 6.07) is 0.323. The highest BCUT2D eigenvalue weighted by Gasteiger charge is 2.24. The zero-order valence-electron chi connectivity index (χ0n) is 10.5. The Bertz CT molecular complexity index is 238. The highest BCUT2D eigenvalue weighted by Crippen LogP contribution is 2.29. The van der Waals surface area contributed by atoms with Crippen molar-refractivity contribution in [2.24, 2.45) is 5.73 Å². The fraction of sp³-hybridized carbons (Fsp3) is 0.917. The third-order valence-corrected chi connectivity index (χ3v) is 4.02. The van der Waals surface area contributed by atoms with Gasteiger partial charge in [-0.15, -0.1) is 0 Å². The van der Waals surface area contributed by atoms with Crippen LogP contribution in [0.15, 0.2) is 0 Å². The average Bonchev–Trinajstić information content (AvgIpc) is 2.48. The van der Waals surface area contributed by atoms with Crippen LogP contribution in [0.1, 0.15) is 46.5 Å². The minimum atomic E-state index is -0.370. The SMILES string of the molecule is CC(C)(C)OC(=O)CCSC1CCCC1N. The van der Waals surface area contributed by atoms with Crippen LogP contribution < -0.4 is 5.73 Å². The Morgan fingerprint density at radius 3 is 2.62 bits per heavy atom. The first kappa shape index (κ1) is 13.8. The second-order valence-electron chi connectivity index (χ2n) is 5.34. The quantitative estimate of drug-likeness (QED) is 0.772. The zero-order valence-corrected chi connectivity index (χ0v) is 11.3. The molecule has 0 aromatic carbocycles. The second kappa shape index (κ2) is 5.92. The topological polar surface area (TPSA) is 52.3 Å². The first-order valence-electron chi connectivity index (χ1n) is 5.97. The van der Waals surface area contributed by atoms with E-state index in [1.807, 2.05) is 32.5 Å². The number of nitrogens with two attached hydrogens (primary N) is 1. The van der Waals surface area contributed by atoms with Gasteiger partial charge in [0, 0.05) is 17.0 Å². The predicted molar refractivity (Wildman–Crippen MR) is 68.5 cm³/mol. The number of ether oxygens (including phenoxy) is 1. The van der Waals surface area contributed by atoms with Crippen LogP contribution in [0.4, 0.5) is 0 Å². The number of carbonyl (C=O) groups is 1. The highest BCUT2D eigenvalue weighted by molar-refractivity contribution is 8.00. The fourth-order valence-corrected chi connectivity index (χ4v) is 3.15. The van der Waals surface area contributed by atoms with Gasteiger partial charge >= 0.3 is 5.97 Å². The molecule has 0 saturated heterocycles. The summed E-state index contributed by atoms with van der Waals surface area (Å²) in [6.07, 6.45) is 4.04. The number of rotatable bonds is 4. The molecule has 0 aliphatic heterocycles. The van der Waals surface area contributed by atoms with Crippen molar-refractivity contribution in [3.63, 3.8) is 0 Å². The molecule has 1 rings (SSSR count). The Kier molecular flexibility index (Phi) is 5.12. The molecule has 2 unspecified atom stereocenters. The molecule has 2 atom stereocenters. The maximum Gasteiger partial charge on any atom is 0.307 e. The van der Waals surface area contributed by atoms with E-state index in [0.29, 0.717) is 17.7 Å². The van der Waals surface area contributed by atoms with Gasteiger partial charge in [0.05, 0.1) is 6.42 Å². The lowest BCUT2D eigenvalue weighted by Gasteiger charge is -2.20. The summed E-state index contributed by atoms with van der Waals surface area (Å²) in [5.41, 5.74) is 5.59.